The molecule has 0 unspecified atom stereocenters. The van der Waals surface area contributed by atoms with Crippen molar-refractivity contribution in [3.63, 3.8) is 0 Å². The topological polar surface area (TPSA) is 67.9 Å². The Bertz CT molecular complexity index is 1240. The van der Waals surface area contributed by atoms with E-state index in [-0.39, 0.29) is 18.0 Å². The predicted molar refractivity (Wildman–Crippen MR) is 106 cm³/mol. The van der Waals surface area contributed by atoms with Crippen molar-refractivity contribution >= 4 is 21.6 Å². The second-order valence-electron chi connectivity index (χ2n) is 6.04. The number of nitriles is 1. The minimum Gasteiger partial charge on any atom is -0.490 e. The third kappa shape index (κ3) is 3.38. The predicted octanol–water partition coefficient (Wildman–Crippen LogP) is 4.21. The van der Waals surface area contributed by atoms with E-state index in [0.29, 0.717) is 28.1 Å². The molecule has 0 fully saturated rings. The molecule has 0 aliphatic heterocycles. The molecule has 7 heteroatoms. The first-order chi connectivity index (χ1) is 13.7. The smallest absolute Gasteiger partial charge is 0.262 e. The van der Waals surface area contributed by atoms with Gasteiger partial charge in [0.2, 0.25) is 0 Å². The number of aromatic nitrogens is 2. The summed E-state index contributed by atoms with van der Waals surface area (Å²) in [5.74, 6) is 0.156. The SMILES string of the molecule is N#Cc1ccccc1OCCn1cnc2scc(-c3ccc(F)cc3)c2c1=O. The van der Waals surface area contributed by atoms with Crippen LogP contribution in [0.2, 0.25) is 0 Å². The summed E-state index contributed by atoms with van der Waals surface area (Å²) < 4.78 is 20.4. The van der Waals surface area contributed by atoms with Crippen LogP contribution >= 0.6 is 11.3 Å². The van der Waals surface area contributed by atoms with E-state index >= 15 is 0 Å². The van der Waals surface area contributed by atoms with E-state index < -0.39 is 0 Å². The molecular weight excluding hydrogens is 377 g/mol. The Hall–Kier alpha value is -3.50. The van der Waals surface area contributed by atoms with E-state index in [1.54, 1.807) is 36.4 Å². The number of benzene rings is 2. The van der Waals surface area contributed by atoms with Crippen molar-refractivity contribution in [2.45, 2.75) is 6.54 Å². The van der Waals surface area contributed by atoms with E-state index in [4.69, 9.17) is 10.00 Å². The van der Waals surface area contributed by atoms with Crippen molar-refractivity contribution in [2.75, 3.05) is 6.61 Å². The first kappa shape index (κ1) is 17.9. The molecule has 28 heavy (non-hydrogen) atoms. The lowest BCUT2D eigenvalue weighted by atomic mass is 10.1. The number of nitrogens with zero attached hydrogens (tertiary/aromatic N) is 3. The van der Waals surface area contributed by atoms with Crippen LogP contribution < -0.4 is 10.3 Å². The number of halogens is 1. The molecule has 0 amide bonds. The lowest BCUT2D eigenvalue weighted by molar-refractivity contribution is 0.295. The molecule has 0 saturated heterocycles. The molecule has 4 rings (SSSR count). The second-order valence-corrected chi connectivity index (χ2v) is 6.89. The lowest BCUT2D eigenvalue weighted by Crippen LogP contribution is -2.23. The highest BCUT2D eigenvalue weighted by atomic mass is 32.1. The second kappa shape index (κ2) is 7.62. The Morgan fingerprint density at radius 2 is 1.96 bits per heavy atom. The van der Waals surface area contributed by atoms with Gasteiger partial charge in [0.05, 0.1) is 23.8 Å². The van der Waals surface area contributed by atoms with Crippen molar-refractivity contribution in [3.05, 3.63) is 82.0 Å². The quantitative estimate of drug-likeness (QED) is 0.511. The summed E-state index contributed by atoms with van der Waals surface area (Å²) in [5, 5.41) is 11.5. The van der Waals surface area contributed by atoms with E-state index in [1.807, 2.05) is 5.38 Å². The summed E-state index contributed by atoms with van der Waals surface area (Å²) in [6.45, 7) is 0.516. The van der Waals surface area contributed by atoms with E-state index in [2.05, 4.69) is 11.1 Å². The first-order valence-electron chi connectivity index (χ1n) is 8.52. The molecule has 0 spiro atoms. The van der Waals surface area contributed by atoms with Crippen LogP contribution in [-0.2, 0) is 6.54 Å². The van der Waals surface area contributed by atoms with Crippen molar-refractivity contribution in [1.82, 2.24) is 9.55 Å². The average Bonchev–Trinajstić information content (AvgIpc) is 3.15. The molecule has 0 aliphatic carbocycles. The monoisotopic (exact) mass is 391 g/mol. The van der Waals surface area contributed by atoms with Crippen LogP contribution in [0.15, 0.2) is 65.0 Å². The molecular formula is C21H14FN3O2S. The standard InChI is InChI=1S/C21H14FN3O2S/c22-16-7-5-14(6-8-16)17-12-28-20-19(17)21(26)25(13-24-20)9-10-27-18-4-2-1-3-15(18)11-23/h1-8,12-13H,9-10H2. The van der Waals surface area contributed by atoms with Crippen LogP contribution in [0.4, 0.5) is 4.39 Å². The van der Waals surface area contributed by atoms with Crippen LogP contribution in [0.25, 0.3) is 21.3 Å². The molecule has 2 aromatic carbocycles. The Morgan fingerprint density at radius 1 is 1.18 bits per heavy atom. The van der Waals surface area contributed by atoms with Gasteiger partial charge in [-0.1, -0.05) is 24.3 Å². The van der Waals surface area contributed by atoms with Crippen molar-refractivity contribution in [3.8, 4) is 22.9 Å². The maximum Gasteiger partial charge on any atom is 0.262 e. The largest absolute Gasteiger partial charge is 0.490 e. The number of rotatable bonds is 5. The molecule has 0 radical (unpaired) electrons. The van der Waals surface area contributed by atoms with Crippen LogP contribution in [0.1, 0.15) is 5.56 Å². The molecule has 0 saturated carbocycles. The Kier molecular flexibility index (Phi) is 4.87. The normalized spacial score (nSPS) is 10.7. The molecule has 0 N–H and O–H groups in total. The zero-order chi connectivity index (χ0) is 19.5. The Morgan fingerprint density at radius 3 is 2.75 bits per heavy atom. The van der Waals surface area contributed by atoms with Gasteiger partial charge in [-0.15, -0.1) is 11.3 Å². The molecule has 4 aromatic rings. The van der Waals surface area contributed by atoms with Gasteiger partial charge in [-0.05, 0) is 29.8 Å². The summed E-state index contributed by atoms with van der Waals surface area (Å²) in [7, 11) is 0. The third-order valence-electron chi connectivity index (χ3n) is 4.31. The highest BCUT2D eigenvalue weighted by Crippen LogP contribution is 2.30. The summed E-state index contributed by atoms with van der Waals surface area (Å²) >= 11 is 1.38. The van der Waals surface area contributed by atoms with E-state index in [9.17, 15) is 9.18 Å². The van der Waals surface area contributed by atoms with Crippen LogP contribution in [0.5, 0.6) is 5.75 Å². The maximum atomic E-state index is 13.2. The summed E-state index contributed by atoms with van der Waals surface area (Å²) in [6, 6.07) is 15.1. The minimum atomic E-state index is -0.325. The fourth-order valence-electron chi connectivity index (χ4n) is 2.91. The van der Waals surface area contributed by atoms with Gasteiger partial charge >= 0.3 is 0 Å². The van der Waals surface area contributed by atoms with Crippen LogP contribution in [0, 0.1) is 17.1 Å². The molecule has 138 valence electrons. The Balaban J connectivity index is 1.61. The van der Waals surface area contributed by atoms with Crippen molar-refractivity contribution < 1.29 is 9.13 Å². The lowest BCUT2D eigenvalue weighted by Gasteiger charge is -2.09. The van der Waals surface area contributed by atoms with Crippen LogP contribution in [0.3, 0.4) is 0 Å². The third-order valence-corrected chi connectivity index (χ3v) is 5.20. The number of fused-ring (bicyclic) bond motifs is 1. The number of para-hydroxylation sites is 1. The van der Waals surface area contributed by atoms with E-state index in [1.165, 1.54) is 34.4 Å². The zero-order valence-electron chi connectivity index (χ0n) is 14.6. The minimum absolute atomic E-state index is 0.178. The summed E-state index contributed by atoms with van der Waals surface area (Å²) in [4.78, 5) is 18.0. The number of hydrogen-bond donors (Lipinski definition) is 0. The molecule has 0 bridgehead atoms. The van der Waals surface area contributed by atoms with Crippen molar-refractivity contribution in [2.24, 2.45) is 0 Å². The van der Waals surface area contributed by atoms with Gasteiger partial charge < -0.3 is 4.74 Å². The van der Waals surface area contributed by atoms with Crippen molar-refractivity contribution in [1.29, 1.82) is 5.26 Å². The maximum absolute atomic E-state index is 13.2. The number of ether oxygens (including phenoxy) is 1. The molecule has 5 nitrogen and oxygen atoms in total. The van der Waals surface area contributed by atoms with Gasteiger partial charge in [-0.25, -0.2) is 9.37 Å². The van der Waals surface area contributed by atoms with Gasteiger partial charge in [0.1, 0.15) is 29.1 Å². The van der Waals surface area contributed by atoms with Gasteiger partial charge in [0, 0.05) is 10.9 Å². The highest BCUT2D eigenvalue weighted by molar-refractivity contribution is 7.17. The zero-order valence-corrected chi connectivity index (χ0v) is 15.4. The van der Waals surface area contributed by atoms with Gasteiger partial charge in [-0.3, -0.25) is 9.36 Å². The van der Waals surface area contributed by atoms with Crippen LogP contribution in [-0.4, -0.2) is 16.2 Å². The van der Waals surface area contributed by atoms with Gasteiger partial charge in [0.15, 0.2) is 0 Å². The average molecular weight is 391 g/mol. The highest BCUT2D eigenvalue weighted by Gasteiger charge is 2.13. The summed E-state index contributed by atoms with van der Waals surface area (Å²) in [5.41, 5.74) is 1.77. The molecule has 2 heterocycles. The van der Waals surface area contributed by atoms with Gasteiger partial charge in [0.25, 0.3) is 5.56 Å². The molecule has 0 aliphatic rings. The van der Waals surface area contributed by atoms with Gasteiger partial charge in [-0.2, -0.15) is 5.26 Å². The van der Waals surface area contributed by atoms with E-state index in [0.717, 1.165) is 11.1 Å². The number of thiophene rings is 1. The fourth-order valence-corrected chi connectivity index (χ4v) is 3.81. The first-order valence-corrected chi connectivity index (χ1v) is 9.40. The number of hydrogen-bond acceptors (Lipinski definition) is 5. The fraction of sp³-hybridized carbons (Fsp3) is 0.0952. The molecule has 2 aromatic heterocycles. The molecule has 0 atom stereocenters. The summed E-state index contributed by atoms with van der Waals surface area (Å²) in [6.07, 6.45) is 1.50. The Labute approximate surface area is 163 Å².